The van der Waals surface area contributed by atoms with Gasteiger partial charge in [-0.15, -0.1) is 35.9 Å². The summed E-state index contributed by atoms with van der Waals surface area (Å²) in [6.45, 7) is 3.00. The fourth-order valence-corrected chi connectivity index (χ4v) is 2.43. The fourth-order valence-electron chi connectivity index (χ4n) is 2.43. The molecule has 2 aromatic rings. The molecule has 1 aliphatic heterocycles. The second-order valence-corrected chi connectivity index (χ2v) is 5.90. The summed E-state index contributed by atoms with van der Waals surface area (Å²) in [7, 11) is 1.76. The monoisotopic (exact) mass is 543 g/mol. The van der Waals surface area contributed by atoms with Crippen molar-refractivity contribution in [1.82, 2.24) is 4.90 Å². The van der Waals surface area contributed by atoms with Gasteiger partial charge < -0.3 is 10.0 Å². The third kappa shape index (κ3) is 6.59. The Kier molecular flexibility index (Phi) is 8.79. The smallest absolute Gasteiger partial charge is 0.316 e. The number of amides is 1. The van der Waals surface area contributed by atoms with Crippen LogP contribution in [0.15, 0.2) is 65.4 Å². The van der Waals surface area contributed by atoms with Crippen LogP contribution in [-0.4, -0.2) is 39.4 Å². The number of amidine groups is 1. The molecule has 0 fully saturated rings. The quantitative estimate of drug-likeness (QED) is 0.273. The van der Waals surface area contributed by atoms with Crippen LogP contribution in [0.2, 0.25) is 0 Å². The molecule has 0 aliphatic carbocycles. The van der Waals surface area contributed by atoms with Crippen molar-refractivity contribution >= 4 is 23.2 Å². The molecule has 2 N–H and O–H groups in total. The first kappa shape index (κ1) is 22.5. The molecule has 3 rings (SSSR count). The SMILES string of the molecule is CC(=[OH+])/C=C(/C)O.CN1C(=O)Cc2ccccc2N=C1c1[c-]cccc1.[Ir]. The number of carbonyl (C=O) groups excluding carboxylic acids is 2. The standard InChI is InChI=1S/C16H13N2O.C5H8O2.Ir/c1-18-15(19)11-13-9-5-6-10-14(13)17-16(18)12-7-3-2-4-8-12;1-4(6)3-5(2)7;/h2-7,9-10H,11H2,1H3;3,6H,1-2H3;/q-1;;/p+1/b;4-3-;. The van der Waals surface area contributed by atoms with Crippen LogP contribution in [0.1, 0.15) is 25.0 Å². The molecule has 0 spiro atoms. The van der Waals surface area contributed by atoms with Gasteiger partial charge in [0.2, 0.25) is 5.91 Å². The zero-order valence-electron chi connectivity index (χ0n) is 15.4. The van der Waals surface area contributed by atoms with Crippen molar-refractivity contribution in [3.8, 4) is 0 Å². The molecule has 0 saturated carbocycles. The van der Waals surface area contributed by atoms with Crippen LogP contribution in [0.3, 0.4) is 0 Å². The van der Waals surface area contributed by atoms with Gasteiger partial charge in [0.05, 0.1) is 36.7 Å². The van der Waals surface area contributed by atoms with Crippen LogP contribution < -0.4 is 0 Å². The van der Waals surface area contributed by atoms with Gasteiger partial charge >= 0.3 is 5.78 Å². The summed E-state index contributed by atoms with van der Waals surface area (Å²) >= 11 is 0. The maximum absolute atomic E-state index is 12.2. The zero-order chi connectivity index (χ0) is 19.1. The van der Waals surface area contributed by atoms with Crippen LogP contribution in [-0.2, 0) is 31.3 Å². The Morgan fingerprint density at radius 2 is 1.89 bits per heavy atom. The number of hydrogen-bond donors (Lipinski definition) is 1. The van der Waals surface area contributed by atoms with E-state index in [1.54, 1.807) is 11.9 Å². The number of aliphatic hydroxyl groups is 1. The number of likely N-dealkylation sites (N-methyl/N-ethyl adjacent to an activating group) is 1. The number of ketones is 1. The summed E-state index contributed by atoms with van der Waals surface area (Å²) in [5.74, 6) is 0.941. The van der Waals surface area contributed by atoms with E-state index in [9.17, 15) is 4.79 Å². The van der Waals surface area contributed by atoms with Gasteiger partial charge in [-0.25, -0.2) is 0 Å². The van der Waals surface area contributed by atoms with Crippen molar-refractivity contribution in [3.63, 3.8) is 0 Å². The van der Waals surface area contributed by atoms with E-state index in [0.717, 1.165) is 16.8 Å². The van der Waals surface area contributed by atoms with Gasteiger partial charge in [-0.1, -0.05) is 18.2 Å². The molecule has 27 heavy (non-hydrogen) atoms. The predicted molar refractivity (Wildman–Crippen MR) is 103 cm³/mol. The number of rotatable bonds is 2. The summed E-state index contributed by atoms with van der Waals surface area (Å²) in [6.07, 6.45) is 1.66. The molecule has 6 heteroatoms. The van der Waals surface area contributed by atoms with E-state index in [4.69, 9.17) is 9.90 Å². The number of aliphatic hydroxyl groups excluding tert-OH is 1. The van der Waals surface area contributed by atoms with Gasteiger partial charge in [0, 0.05) is 27.2 Å². The number of para-hydroxylation sites is 1. The van der Waals surface area contributed by atoms with Gasteiger partial charge in [0.1, 0.15) is 0 Å². The Morgan fingerprint density at radius 3 is 2.44 bits per heavy atom. The Balaban J connectivity index is 0.000000395. The molecule has 5 nitrogen and oxygen atoms in total. The van der Waals surface area contributed by atoms with Gasteiger partial charge in [-0.2, -0.15) is 0 Å². The summed E-state index contributed by atoms with van der Waals surface area (Å²) < 4.78 is 0. The zero-order valence-corrected chi connectivity index (χ0v) is 17.8. The third-order valence-electron chi connectivity index (χ3n) is 3.62. The second-order valence-electron chi connectivity index (χ2n) is 5.90. The third-order valence-corrected chi connectivity index (χ3v) is 3.62. The molecule has 0 bridgehead atoms. The number of hydrogen-bond acceptors (Lipinski definition) is 3. The molecule has 1 aliphatic rings. The van der Waals surface area contributed by atoms with Gasteiger partial charge in [0.15, 0.2) is 0 Å². The number of fused-ring (bicyclic) bond motifs is 1. The number of aliphatic imine (C=N–C) groups is 1. The topological polar surface area (TPSA) is 74.3 Å². The molecule has 1 amide bonds. The van der Waals surface area contributed by atoms with E-state index >= 15 is 0 Å². The fraction of sp³-hybridized carbons (Fsp3) is 0.190. The number of benzene rings is 2. The number of nitrogens with zero attached hydrogens (tertiary/aromatic N) is 2. The summed E-state index contributed by atoms with van der Waals surface area (Å²) in [6, 6.07) is 18.4. The number of allylic oxidation sites excluding steroid dienone is 2. The van der Waals surface area contributed by atoms with E-state index in [-0.39, 0.29) is 37.6 Å². The van der Waals surface area contributed by atoms with Crippen LogP contribution in [0.4, 0.5) is 5.69 Å². The largest absolute Gasteiger partial charge is 0.512 e. The Morgan fingerprint density at radius 1 is 1.22 bits per heavy atom. The molecule has 1 heterocycles. The van der Waals surface area contributed by atoms with Crippen LogP contribution >= 0.6 is 0 Å². The average molecular weight is 543 g/mol. The van der Waals surface area contributed by atoms with E-state index < -0.39 is 0 Å². The average Bonchev–Trinajstić information content (AvgIpc) is 2.72. The maximum atomic E-state index is 12.2. The van der Waals surface area contributed by atoms with Crippen molar-refractivity contribution in [2.75, 3.05) is 7.05 Å². The first-order valence-corrected chi connectivity index (χ1v) is 8.18. The summed E-state index contributed by atoms with van der Waals surface area (Å²) in [4.78, 5) is 26.8. The first-order valence-electron chi connectivity index (χ1n) is 8.18. The van der Waals surface area contributed by atoms with Crippen LogP contribution in [0.25, 0.3) is 0 Å². The molecular formula is C21H22IrN2O3. The molecule has 0 saturated heterocycles. The summed E-state index contributed by atoms with van der Waals surface area (Å²) in [5.41, 5.74) is 2.65. The van der Waals surface area contributed by atoms with E-state index in [1.165, 1.54) is 19.9 Å². The molecule has 0 unspecified atom stereocenters. The Bertz CT molecular complexity index is 857. The van der Waals surface area contributed by atoms with Gasteiger partial charge in [-0.05, 0) is 18.6 Å². The van der Waals surface area contributed by atoms with E-state index in [1.807, 2.05) is 48.5 Å². The second kappa shape index (κ2) is 10.6. The Labute approximate surface area is 172 Å². The van der Waals surface area contributed by atoms with Crippen molar-refractivity contribution in [2.24, 2.45) is 4.99 Å². The van der Waals surface area contributed by atoms with E-state index in [2.05, 4.69) is 11.1 Å². The molecule has 0 aromatic heterocycles. The number of carbonyl (C=O) groups is 1. The van der Waals surface area contributed by atoms with Gasteiger partial charge in [0.25, 0.3) is 0 Å². The minimum atomic E-state index is 0. The molecule has 1 radical (unpaired) electrons. The predicted octanol–water partition coefficient (Wildman–Crippen LogP) is 3.59. The normalized spacial score (nSPS) is 13.3. The van der Waals surface area contributed by atoms with E-state index in [0.29, 0.717) is 12.3 Å². The molecular weight excluding hydrogens is 520 g/mol. The molecule has 2 aromatic carbocycles. The van der Waals surface area contributed by atoms with Gasteiger partial charge in [-0.3, -0.25) is 14.6 Å². The van der Waals surface area contributed by atoms with Crippen molar-refractivity contribution < 1.29 is 34.8 Å². The van der Waals surface area contributed by atoms with Crippen molar-refractivity contribution in [1.29, 1.82) is 0 Å². The van der Waals surface area contributed by atoms with Crippen molar-refractivity contribution in [2.45, 2.75) is 20.3 Å². The maximum Gasteiger partial charge on any atom is 0.316 e. The minimum Gasteiger partial charge on any atom is -0.512 e. The minimum absolute atomic E-state index is 0. The summed E-state index contributed by atoms with van der Waals surface area (Å²) in [5, 5.41) is 8.40. The van der Waals surface area contributed by atoms with Crippen LogP contribution in [0.5, 0.6) is 0 Å². The molecule has 0 atom stereocenters. The Hall–Kier alpha value is -2.56. The van der Waals surface area contributed by atoms with Crippen molar-refractivity contribution in [3.05, 3.63) is 77.6 Å². The van der Waals surface area contributed by atoms with Crippen LogP contribution in [0, 0.1) is 6.07 Å². The molecule has 143 valence electrons. The first-order chi connectivity index (χ1) is 12.4.